The van der Waals surface area contributed by atoms with Crippen LogP contribution >= 0.6 is 0 Å². The summed E-state index contributed by atoms with van der Waals surface area (Å²) in [6.07, 6.45) is 4.18. The van der Waals surface area contributed by atoms with Gasteiger partial charge in [0.2, 0.25) is 0 Å². The Bertz CT molecular complexity index is 334. The summed E-state index contributed by atoms with van der Waals surface area (Å²) in [7, 11) is 0. The smallest absolute Gasteiger partial charge is 0.142 e. The number of hydrogen-bond donors (Lipinski definition) is 0. The second kappa shape index (κ2) is 4.08. The molecule has 0 N–H and O–H groups in total. The van der Waals surface area contributed by atoms with Crippen molar-refractivity contribution in [2.24, 2.45) is 0 Å². The molecule has 0 radical (unpaired) electrons. The average Bonchev–Trinajstić information content (AvgIpc) is 2.38. The molecule has 0 aliphatic heterocycles. The minimum Gasteiger partial charge on any atom is -0.349 e. The van der Waals surface area contributed by atoms with Crippen molar-refractivity contribution in [3.05, 3.63) is 29.1 Å². The topological polar surface area (TPSA) is 22.0 Å². The van der Waals surface area contributed by atoms with E-state index in [0.29, 0.717) is 0 Å². The molecule has 1 rings (SSSR count). The summed E-state index contributed by atoms with van der Waals surface area (Å²) in [5.74, 6) is 0. The Kier molecular flexibility index (Phi) is 3.07. The van der Waals surface area contributed by atoms with Crippen LogP contribution in [0.15, 0.2) is 12.1 Å². The number of carbonyl (C=O) groups excluding carboxylic acids is 1. The Balaban J connectivity index is 3.10. The third-order valence-electron chi connectivity index (χ3n) is 2.28. The molecule has 1 heterocycles. The van der Waals surface area contributed by atoms with Crippen molar-refractivity contribution in [1.29, 1.82) is 0 Å². The molecule has 70 valence electrons. The van der Waals surface area contributed by atoms with Crippen molar-refractivity contribution >= 4 is 12.4 Å². The Morgan fingerprint density at radius 1 is 1.46 bits per heavy atom. The standard InChI is InChI=1S/C11H15NO/c1-4-12-9(2)8-11(10(12)3)6-5-7-13/h5-8H,4H2,1-3H3. The molecule has 0 aliphatic carbocycles. The average molecular weight is 177 g/mol. The van der Waals surface area contributed by atoms with Crippen molar-refractivity contribution in [2.45, 2.75) is 27.3 Å². The first-order chi connectivity index (χ1) is 6.20. The number of carbonyl (C=O) groups is 1. The SMILES string of the molecule is CCn1c(C)cc(C=CC=O)c1C. The van der Waals surface area contributed by atoms with Crippen LogP contribution in [-0.2, 0) is 11.3 Å². The summed E-state index contributed by atoms with van der Waals surface area (Å²) in [4.78, 5) is 10.2. The molecule has 2 nitrogen and oxygen atoms in total. The number of nitrogens with zero attached hydrogens (tertiary/aromatic N) is 1. The largest absolute Gasteiger partial charge is 0.349 e. The molecule has 0 aliphatic rings. The van der Waals surface area contributed by atoms with E-state index in [0.717, 1.165) is 18.4 Å². The highest BCUT2D eigenvalue weighted by atomic mass is 16.1. The van der Waals surface area contributed by atoms with Gasteiger partial charge in [-0.15, -0.1) is 0 Å². The maximum atomic E-state index is 10.2. The summed E-state index contributed by atoms with van der Waals surface area (Å²) in [5.41, 5.74) is 3.59. The van der Waals surface area contributed by atoms with E-state index < -0.39 is 0 Å². The van der Waals surface area contributed by atoms with Crippen LogP contribution < -0.4 is 0 Å². The zero-order chi connectivity index (χ0) is 9.84. The van der Waals surface area contributed by atoms with E-state index in [1.54, 1.807) is 0 Å². The van der Waals surface area contributed by atoms with E-state index in [2.05, 4.69) is 31.4 Å². The Hall–Kier alpha value is -1.31. The van der Waals surface area contributed by atoms with Crippen LogP contribution in [0.4, 0.5) is 0 Å². The zero-order valence-corrected chi connectivity index (χ0v) is 8.37. The summed E-state index contributed by atoms with van der Waals surface area (Å²) in [6.45, 7) is 7.25. The number of hydrogen-bond acceptors (Lipinski definition) is 1. The number of aldehydes is 1. The van der Waals surface area contributed by atoms with Crippen molar-refractivity contribution in [3.8, 4) is 0 Å². The summed E-state index contributed by atoms with van der Waals surface area (Å²) < 4.78 is 2.23. The van der Waals surface area contributed by atoms with Gasteiger partial charge in [-0.25, -0.2) is 0 Å². The first kappa shape index (κ1) is 9.78. The lowest BCUT2D eigenvalue weighted by molar-refractivity contribution is -0.104. The molecule has 0 unspecified atom stereocenters. The van der Waals surface area contributed by atoms with Gasteiger partial charge in [0.15, 0.2) is 0 Å². The van der Waals surface area contributed by atoms with Crippen LogP contribution in [0.2, 0.25) is 0 Å². The molecule has 2 heteroatoms. The second-order valence-corrected chi connectivity index (χ2v) is 3.07. The van der Waals surface area contributed by atoms with Gasteiger partial charge in [0, 0.05) is 17.9 Å². The summed E-state index contributed by atoms with van der Waals surface area (Å²) in [6, 6.07) is 2.10. The molecule has 1 aromatic rings. The minimum absolute atomic E-state index is 0.804. The van der Waals surface area contributed by atoms with Crippen LogP contribution in [0.5, 0.6) is 0 Å². The van der Waals surface area contributed by atoms with Crippen LogP contribution in [0.25, 0.3) is 6.08 Å². The minimum atomic E-state index is 0.804. The highest BCUT2D eigenvalue weighted by Gasteiger charge is 2.03. The molecule has 1 aromatic heterocycles. The van der Waals surface area contributed by atoms with Crippen molar-refractivity contribution in [3.63, 3.8) is 0 Å². The number of aromatic nitrogens is 1. The first-order valence-electron chi connectivity index (χ1n) is 4.49. The van der Waals surface area contributed by atoms with Crippen LogP contribution in [0, 0.1) is 13.8 Å². The van der Waals surface area contributed by atoms with Crippen LogP contribution in [-0.4, -0.2) is 10.9 Å². The van der Waals surface area contributed by atoms with Gasteiger partial charge in [-0.2, -0.15) is 0 Å². The highest BCUT2D eigenvalue weighted by molar-refractivity contribution is 5.74. The Morgan fingerprint density at radius 2 is 2.15 bits per heavy atom. The molecule has 0 aromatic carbocycles. The molecule has 13 heavy (non-hydrogen) atoms. The number of allylic oxidation sites excluding steroid dienone is 1. The van der Waals surface area contributed by atoms with E-state index in [1.165, 1.54) is 17.5 Å². The number of aryl methyl sites for hydroxylation is 1. The lowest BCUT2D eigenvalue weighted by atomic mass is 10.2. The van der Waals surface area contributed by atoms with Crippen molar-refractivity contribution in [2.75, 3.05) is 0 Å². The fraction of sp³-hybridized carbons (Fsp3) is 0.364. The maximum absolute atomic E-state index is 10.2. The van der Waals surface area contributed by atoms with Crippen LogP contribution in [0.3, 0.4) is 0 Å². The van der Waals surface area contributed by atoms with Gasteiger partial charge in [0.25, 0.3) is 0 Å². The lowest BCUT2D eigenvalue weighted by Gasteiger charge is -2.04. The van der Waals surface area contributed by atoms with Crippen molar-refractivity contribution in [1.82, 2.24) is 4.57 Å². The quantitative estimate of drug-likeness (QED) is 0.513. The van der Waals surface area contributed by atoms with E-state index in [-0.39, 0.29) is 0 Å². The normalized spacial score (nSPS) is 11.0. The molecule has 0 atom stereocenters. The van der Waals surface area contributed by atoms with Gasteiger partial charge in [0.05, 0.1) is 0 Å². The zero-order valence-electron chi connectivity index (χ0n) is 8.37. The predicted octanol–water partition coefficient (Wildman–Crippen LogP) is 2.34. The number of rotatable bonds is 3. The third kappa shape index (κ3) is 1.89. The fourth-order valence-electron chi connectivity index (χ4n) is 1.63. The van der Waals surface area contributed by atoms with Crippen molar-refractivity contribution < 1.29 is 4.79 Å². The lowest BCUT2D eigenvalue weighted by Crippen LogP contribution is -1.98. The van der Waals surface area contributed by atoms with Gasteiger partial charge in [-0.3, -0.25) is 4.79 Å². The fourth-order valence-corrected chi connectivity index (χ4v) is 1.63. The molecule has 0 spiro atoms. The van der Waals surface area contributed by atoms with E-state index in [9.17, 15) is 4.79 Å². The van der Waals surface area contributed by atoms with Gasteiger partial charge in [-0.05, 0) is 44.6 Å². The predicted molar refractivity (Wildman–Crippen MR) is 54.7 cm³/mol. The molecule has 0 saturated carbocycles. The van der Waals surface area contributed by atoms with Gasteiger partial charge < -0.3 is 4.57 Å². The van der Waals surface area contributed by atoms with Crippen LogP contribution in [0.1, 0.15) is 23.9 Å². The third-order valence-corrected chi connectivity index (χ3v) is 2.28. The molecule has 0 amide bonds. The van der Waals surface area contributed by atoms with Gasteiger partial charge >= 0.3 is 0 Å². The Labute approximate surface area is 78.9 Å². The summed E-state index contributed by atoms with van der Waals surface area (Å²) in [5, 5.41) is 0. The highest BCUT2D eigenvalue weighted by Crippen LogP contribution is 2.15. The second-order valence-electron chi connectivity index (χ2n) is 3.07. The van der Waals surface area contributed by atoms with E-state index >= 15 is 0 Å². The molecule has 0 saturated heterocycles. The molecular weight excluding hydrogens is 162 g/mol. The summed E-state index contributed by atoms with van der Waals surface area (Å²) >= 11 is 0. The monoisotopic (exact) mass is 177 g/mol. The Morgan fingerprint density at radius 3 is 2.62 bits per heavy atom. The maximum Gasteiger partial charge on any atom is 0.142 e. The molecule has 0 fully saturated rings. The van der Waals surface area contributed by atoms with E-state index in [4.69, 9.17) is 0 Å². The molecule has 0 bridgehead atoms. The van der Waals surface area contributed by atoms with E-state index in [1.807, 2.05) is 6.08 Å². The van der Waals surface area contributed by atoms with Gasteiger partial charge in [-0.1, -0.05) is 0 Å². The first-order valence-corrected chi connectivity index (χ1v) is 4.49. The molecular formula is C11H15NO. The van der Waals surface area contributed by atoms with Gasteiger partial charge in [0.1, 0.15) is 6.29 Å².